The van der Waals surface area contributed by atoms with Crippen molar-refractivity contribution in [1.82, 2.24) is 5.32 Å². The van der Waals surface area contributed by atoms with Crippen LogP contribution >= 0.6 is 27.5 Å². The highest BCUT2D eigenvalue weighted by molar-refractivity contribution is 9.10. The Morgan fingerprint density at radius 3 is 2.65 bits per heavy atom. The first kappa shape index (κ1) is 13.9. The molecule has 7 heteroatoms. The third-order valence-corrected chi connectivity index (χ3v) is 2.62. The second-order valence-corrected chi connectivity index (χ2v) is 4.70. The fourth-order valence-corrected chi connectivity index (χ4v) is 1.25. The predicted molar refractivity (Wildman–Crippen MR) is 66.6 cm³/mol. The molecule has 0 saturated carbocycles. The Hall–Kier alpha value is -1.14. The largest absolute Gasteiger partial charge is 0.325 e. The number of anilines is 1. The summed E-state index contributed by atoms with van der Waals surface area (Å²) in [5.41, 5.74) is 0.234. The Kier molecular flexibility index (Phi) is 4.89. The molecule has 0 aromatic heterocycles. The molecule has 3 amide bonds. The second kappa shape index (κ2) is 5.97. The molecule has 0 aliphatic carbocycles. The number of imide groups is 1. The highest BCUT2D eigenvalue weighted by atomic mass is 79.9. The Labute approximate surface area is 111 Å². The monoisotopic (exact) mass is 322 g/mol. The van der Waals surface area contributed by atoms with E-state index in [1.54, 1.807) is 0 Å². The number of halogens is 3. The number of alkyl halides is 1. The fraction of sp³-hybridized carbons (Fsp3) is 0.200. The number of rotatable bonds is 2. The number of benzene rings is 1. The van der Waals surface area contributed by atoms with E-state index in [4.69, 9.17) is 11.6 Å². The van der Waals surface area contributed by atoms with Crippen molar-refractivity contribution in [3.05, 3.63) is 28.5 Å². The van der Waals surface area contributed by atoms with Crippen molar-refractivity contribution < 1.29 is 14.0 Å². The number of carbonyl (C=O) groups excluding carboxylic acids is 2. The Balaban J connectivity index is 2.62. The summed E-state index contributed by atoms with van der Waals surface area (Å²) in [4.78, 5) is 22.4. The van der Waals surface area contributed by atoms with Crippen LogP contribution in [0.4, 0.5) is 14.9 Å². The smallest absolute Gasteiger partial charge is 0.308 e. The molecule has 0 bridgehead atoms. The average Bonchev–Trinajstić information content (AvgIpc) is 2.23. The van der Waals surface area contributed by atoms with Gasteiger partial charge in [0, 0.05) is 5.69 Å². The van der Waals surface area contributed by atoms with Crippen molar-refractivity contribution in [2.24, 2.45) is 0 Å². The Morgan fingerprint density at radius 2 is 2.12 bits per heavy atom. The van der Waals surface area contributed by atoms with Gasteiger partial charge in [-0.3, -0.25) is 10.1 Å². The molecular weight excluding hydrogens is 314 g/mol. The lowest BCUT2D eigenvalue weighted by Gasteiger charge is -2.07. The van der Waals surface area contributed by atoms with Crippen LogP contribution in [0.15, 0.2) is 22.7 Å². The zero-order chi connectivity index (χ0) is 13.0. The fourth-order valence-electron chi connectivity index (χ4n) is 0.948. The van der Waals surface area contributed by atoms with Gasteiger partial charge in [0.25, 0.3) is 0 Å². The van der Waals surface area contributed by atoms with E-state index < -0.39 is 23.1 Å². The SMILES string of the molecule is CC(Cl)C(=O)NC(=O)Nc1ccc(Br)c(F)c1. The minimum absolute atomic E-state index is 0.234. The molecule has 1 unspecified atom stereocenters. The van der Waals surface area contributed by atoms with E-state index in [-0.39, 0.29) is 10.2 Å². The summed E-state index contributed by atoms with van der Waals surface area (Å²) in [7, 11) is 0. The molecule has 17 heavy (non-hydrogen) atoms. The number of amides is 3. The molecule has 4 nitrogen and oxygen atoms in total. The van der Waals surface area contributed by atoms with Gasteiger partial charge in [-0.15, -0.1) is 11.6 Å². The summed E-state index contributed by atoms with van der Waals surface area (Å²) in [6, 6.07) is 3.29. The van der Waals surface area contributed by atoms with Crippen molar-refractivity contribution in [3.63, 3.8) is 0 Å². The van der Waals surface area contributed by atoms with Crippen molar-refractivity contribution in [1.29, 1.82) is 0 Å². The number of hydrogen-bond acceptors (Lipinski definition) is 2. The van der Waals surface area contributed by atoms with Gasteiger partial charge in [0.05, 0.1) is 4.47 Å². The maximum Gasteiger partial charge on any atom is 0.325 e. The van der Waals surface area contributed by atoms with Gasteiger partial charge >= 0.3 is 6.03 Å². The van der Waals surface area contributed by atoms with E-state index in [2.05, 4.69) is 21.2 Å². The molecule has 1 aromatic carbocycles. The minimum Gasteiger partial charge on any atom is -0.308 e. The van der Waals surface area contributed by atoms with Gasteiger partial charge in [-0.2, -0.15) is 0 Å². The third kappa shape index (κ3) is 4.32. The van der Waals surface area contributed by atoms with Gasteiger partial charge in [0.2, 0.25) is 5.91 Å². The molecule has 92 valence electrons. The third-order valence-electron chi connectivity index (χ3n) is 1.78. The van der Waals surface area contributed by atoms with Crippen molar-refractivity contribution >= 4 is 45.2 Å². The van der Waals surface area contributed by atoms with Gasteiger partial charge in [-0.05, 0) is 41.1 Å². The predicted octanol–water partition coefficient (Wildman–Crippen LogP) is 2.86. The lowest BCUT2D eigenvalue weighted by molar-refractivity contribution is -0.119. The number of nitrogens with one attached hydrogen (secondary N) is 2. The van der Waals surface area contributed by atoms with E-state index >= 15 is 0 Å². The summed E-state index contributed by atoms with van der Waals surface area (Å²) in [5.74, 6) is -1.14. The zero-order valence-electron chi connectivity index (χ0n) is 8.76. The summed E-state index contributed by atoms with van der Waals surface area (Å²) in [5, 5.41) is 3.49. The van der Waals surface area contributed by atoms with Crippen molar-refractivity contribution in [2.45, 2.75) is 12.3 Å². The van der Waals surface area contributed by atoms with Crippen LogP contribution in [0.3, 0.4) is 0 Å². The molecule has 0 aliphatic heterocycles. The maximum absolute atomic E-state index is 13.1. The van der Waals surface area contributed by atoms with Gasteiger partial charge in [0.1, 0.15) is 11.2 Å². The first-order valence-corrected chi connectivity index (χ1v) is 5.84. The van der Waals surface area contributed by atoms with Gasteiger partial charge in [-0.25, -0.2) is 9.18 Å². The van der Waals surface area contributed by atoms with Gasteiger partial charge in [0.15, 0.2) is 0 Å². The first-order valence-electron chi connectivity index (χ1n) is 4.61. The van der Waals surface area contributed by atoms with E-state index in [9.17, 15) is 14.0 Å². The Bertz CT molecular complexity index is 454. The highest BCUT2D eigenvalue weighted by Crippen LogP contribution is 2.19. The van der Waals surface area contributed by atoms with Gasteiger partial charge < -0.3 is 5.32 Å². The lowest BCUT2D eigenvalue weighted by atomic mass is 10.3. The van der Waals surface area contributed by atoms with Crippen LogP contribution in [0, 0.1) is 5.82 Å². The van der Waals surface area contributed by atoms with E-state index in [1.807, 2.05) is 5.32 Å². The van der Waals surface area contributed by atoms with Crippen LogP contribution in [-0.4, -0.2) is 17.3 Å². The lowest BCUT2D eigenvalue weighted by Crippen LogP contribution is -2.38. The van der Waals surface area contributed by atoms with Crippen LogP contribution in [0.25, 0.3) is 0 Å². The minimum atomic E-state index is -0.817. The standard InChI is InChI=1S/C10H9BrClFN2O2/c1-5(12)9(16)15-10(17)14-6-2-3-7(11)8(13)4-6/h2-5H,1H3,(H2,14,15,16,17). The molecule has 1 rings (SSSR count). The molecule has 0 heterocycles. The molecule has 0 fully saturated rings. The van der Waals surface area contributed by atoms with E-state index in [1.165, 1.54) is 19.1 Å². The number of carbonyl (C=O) groups is 2. The van der Waals surface area contributed by atoms with E-state index in [0.717, 1.165) is 6.07 Å². The molecular formula is C10H9BrClFN2O2. The highest BCUT2D eigenvalue weighted by Gasteiger charge is 2.13. The first-order chi connectivity index (χ1) is 7.90. The van der Waals surface area contributed by atoms with Crippen molar-refractivity contribution in [2.75, 3.05) is 5.32 Å². The Morgan fingerprint density at radius 1 is 1.47 bits per heavy atom. The maximum atomic E-state index is 13.1. The van der Waals surface area contributed by atoms with E-state index in [0.29, 0.717) is 0 Å². The zero-order valence-corrected chi connectivity index (χ0v) is 11.1. The quantitative estimate of drug-likeness (QED) is 0.822. The molecule has 0 spiro atoms. The molecule has 0 saturated heterocycles. The molecule has 1 atom stereocenters. The van der Waals surface area contributed by atoms with Crippen LogP contribution in [0.2, 0.25) is 0 Å². The summed E-state index contributed by atoms with van der Waals surface area (Å²) >= 11 is 8.44. The number of urea groups is 1. The molecule has 0 radical (unpaired) electrons. The van der Waals surface area contributed by atoms with Crippen LogP contribution in [-0.2, 0) is 4.79 Å². The summed E-state index contributed by atoms with van der Waals surface area (Å²) < 4.78 is 13.4. The molecule has 1 aromatic rings. The van der Waals surface area contributed by atoms with Crippen LogP contribution in [0.5, 0.6) is 0 Å². The second-order valence-electron chi connectivity index (χ2n) is 3.19. The normalized spacial score (nSPS) is 11.8. The van der Waals surface area contributed by atoms with Crippen LogP contribution < -0.4 is 10.6 Å². The summed E-state index contributed by atoms with van der Waals surface area (Å²) in [6.45, 7) is 1.43. The van der Waals surface area contributed by atoms with Gasteiger partial charge in [-0.1, -0.05) is 0 Å². The number of hydrogen-bond donors (Lipinski definition) is 2. The molecule has 2 N–H and O–H groups in total. The van der Waals surface area contributed by atoms with Crippen molar-refractivity contribution in [3.8, 4) is 0 Å². The molecule has 0 aliphatic rings. The topological polar surface area (TPSA) is 58.2 Å². The average molecular weight is 324 g/mol. The van der Waals surface area contributed by atoms with Crippen LogP contribution in [0.1, 0.15) is 6.92 Å². The summed E-state index contributed by atoms with van der Waals surface area (Å²) in [6.07, 6.45) is 0.